The van der Waals surface area contributed by atoms with Gasteiger partial charge in [-0.05, 0) is 58.7 Å². The molecule has 27 heavy (non-hydrogen) atoms. The number of sulfonamides is 1. The number of hydrogen-bond acceptors (Lipinski definition) is 6. The Balaban J connectivity index is 2.01. The highest BCUT2D eigenvalue weighted by atomic mass is 32.2. The fraction of sp³-hybridized carbons (Fsp3) is 0.667. The van der Waals surface area contributed by atoms with E-state index in [4.69, 9.17) is 0 Å². The maximum Gasteiger partial charge on any atom is 0.293 e. The number of nitrogens with one attached hydrogen (secondary N) is 2. The van der Waals surface area contributed by atoms with Crippen LogP contribution in [-0.2, 0) is 10.0 Å². The Morgan fingerprint density at radius 1 is 1.33 bits per heavy atom. The minimum absolute atomic E-state index is 0.101. The van der Waals surface area contributed by atoms with Crippen LogP contribution >= 0.6 is 0 Å². The largest absolute Gasteiger partial charge is 0.379 e. The first-order valence-electron chi connectivity index (χ1n) is 9.49. The Morgan fingerprint density at radius 2 is 2.07 bits per heavy atom. The van der Waals surface area contributed by atoms with Crippen molar-refractivity contribution in [3.05, 3.63) is 28.3 Å². The van der Waals surface area contributed by atoms with E-state index in [-0.39, 0.29) is 16.6 Å². The van der Waals surface area contributed by atoms with Gasteiger partial charge in [0, 0.05) is 31.2 Å². The lowest BCUT2D eigenvalue weighted by atomic mass is 10.0. The topological polar surface area (TPSA) is 105 Å². The van der Waals surface area contributed by atoms with E-state index >= 15 is 0 Å². The number of rotatable bonds is 9. The maximum absolute atomic E-state index is 12.2. The molecular weight excluding hydrogens is 368 g/mol. The van der Waals surface area contributed by atoms with Gasteiger partial charge in [0.25, 0.3) is 5.69 Å². The molecule has 2 N–H and O–H groups in total. The molecule has 1 fully saturated rings. The number of hydrogen-bond donors (Lipinski definition) is 2. The quantitative estimate of drug-likeness (QED) is 0.376. The molecule has 0 amide bonds. The first kappa shape index (κ1) is 21.6. The number of nitrogens with zero attached hydrogens (tertiary/aromatic N) is 2. The van der Waals surface area contributed by atoms with Gasteiger partial charge in [-0.2, -0.15) is 0 Å². The molecule has 1 unspecified atom stereocenters. The van der Waals surface area contributed by atoms with Gasteiger partial charge in [-0.3, -0.25) is 10.1 Å². The monoisotopic (exact) mass is 398 g/mol. The fourth-order valence-corrected chi connectivity index (χ4v) is 4.62. The van der Waals surface area contributed by atoms with E-state index in [1.807, 2.05) is 0 Å². The Labute approximate surface area is 161 Å². The number of likely N-dealkylation sites (tertiary alicyclic amines) is 1. The zero-order valence-electron chi connectivity index (χ0n) is 16.3. The zero-order valence-corrected chi connectivity index (χ0v) is 17.1. The molecule has 0 spiro atoms. The van der Waals surface area contributed by atoms with E-state index in [2.05, 4.69) is 21.9 Å². The van der Waals surface area contributed by atoms with Gasteiger partial charge < -0.3 is 10.2 Å². The third-order valence-corrected chi connectivity index (χ3v) is 6.40. The summed E-state index contributed by atoms with van der Waals surface area (Å²) in [5.74, 6) is 0. The standard InChI is InChI=1S/C18H30N4O4S/c1-14(2)20-27(25,26)16-8-9-17(18(13-16)22(23)24)19-10-6-12-21-11-5-4-7-15(21)3/h8-9,13-15,19-20H,4-7,10-12H2,1-3H3. The summed E-state index contributed by atoms with van der Waals surface area (Å²) < 4.78 is 26.9. The van der Waals surface area contributed by atoms with Crippen molar-refractivity contribution in [3.63, 3.8) is 0 Å². The second-order valence-corrected chi connectivity index (χ2v) is 9.09. The smallest absolute Gasteiger partial charge is 0.293 e. The van der Waals surface area contributed by atoms with Crippen LogP contribution in [0.3, 0.4) is 0 Å². The van der Waals surface area contributed by atoms with Crippen LogP contribution in [0.1, 0.15) is 46.5 Å². The van der Waals surface area contributed by atoms with Crippen molar-refractivity contribution in [2.75, 3.05) is 25.0 Å². The second-order valence-electron chi connectivity index (χ2n) is 7.37. The van der Waals surface area contributed by atoms with Crippen LogP contribution in [-0.4, -0.2) is 50.0 Å². The zero-order chi connectivity index (χ0) is 20.0. The summed E-state index contributed by atoms with van der Waals surface area (Å²) in [6.45, 7) is 8.29. The van der Waals surface area contributed by atoms with E-state index in [1.54, 1.807) is 13.8 Å². The van der Waals surface area contributed by atoms with Crippen LogP contribution in [0.25, 0.3) is 0 Å². The highest BCUT2D eigenvalue weighted by Gasteiger charge is 2.22. The summed E-state index contributed by atoms with van der Waals surface area (Å²) in [5.41, 5.74) is 0.114. The van der Waals surface area contributed by atoms with E-state index in [9.17, 15) is 18.5 Å². The summed E-state index contributed by atoms with van der Waals surface area (Å²) >= 11 is 0. The van der Waals surface area contributed by atoms with E-state index in [1.165, 1.54) is 31.4 Å². The van der Waals surface area contributed by atoms with Gasteiger partial charge in [0.05, 0.1) is 9.82 Å². The average Bonchev–Trinajstić information content (AvgIpc) is 2.58. The molecule has 1 aliphatic rings. The molecule has 0 bridgehead atoms. The minimum atomic E-state index is -3.77. The van der Waals surface area contributed by atoms with Crippen LogP contribution in [0.5, 0.6) is 0 Å². The van der Waals surface area contributed by atoms with Gasteiger partial charge >= 0.3 is 0 Å². The number of piperidine rings is 1. The Bertz CT molecular complexity index is 752. The first-order valence-corrected chi connectivity index (χ1v) is 11.0. The Kier molecular flexibility index (Phi) is 7.58. The SMILES string of the molecule is CC(C)NS(=O)(=O)c1ccc(NCCCN2CCCCC2C)c([N+](=O)[O-])c1. The van der Waals surface area contributed by atoms with Gasteiger partial charge in [-0.1, -0.05) is 6.42 Å². The number of nitro benzene ring substituents is 1. The molecule has 1 saturated heterocycles. The summed E-state index contributed by atoms with van der Waals surface area (Å²) in [4.78, 5) is 13.2. The highest BCUT2D eigenvalue weighted by Crippen LogP contribution is 2.27. The van der Waals surface area contributed by atoms with Crippen molar-refractivity contribution >= 4 is 21.4 Å². The predicted molar refractivity (Wildman–Crippen MR) is 107 cm³/mol. The summed E-state index contributed by atoms with van der Waals surface area (Å²) in [6, 6.07) is 4.28. The highest BCUT2D eigenvalue weighted by molar-refractivity contribution is 7.89. The van der Waals surface area contributed by atoms with Gasteiger partial charge in [-0.25, -0.2) is 13.1 Å². The van der Waals surface area contributed by atoms with Crippen molar-refractivity contribution in [3.8, 4) is 0 Å². The number of benzene rings is 1. The van der Waals surface area contributed by atoms with Crippen LogP contribution in [0.2, 0.25) is 0 Å². The molecule has 1 heterocycles. The van der Waals surface area contributed by atoms with Crippen LogP contribution in [0.4, 0.5) is 11.4 Å². The lowest BCUT2D eigenvalue weighted by Crippen LogP contribution is -2.38. The van der Waals surface area contributed by atoms with E-state index < -0.39 is 14.9 Å². The maximum atomic E-state index is 12.2. The molecule has 0 aliphatic carbocycles. The summed E-state index contributed by atoms with van der Waals surface area (Å²) in [7, 11) is -3.77. The third kappa shape index (κ3) is 6.15. The van der Waals surface area contributed by atoms with Crippen molar-refractivity contribution < 1.29 is 13.3 Å². The van der Waals surface area contributed by atoms with E-state index in [0.29, 0.717) is 18.3 Å². The van der Waals surface area contributed by atoms with Crippen LogP contribution in [0.15, 0.2) is 23.1 Å². The van der Waals surface area contributed by atoms with Gasteiger partial charge in [0.15, 0.2) is 0 Å². The van der Waals surface area contributed by atoms with Crippen LogP contribution < -0.4 is 10.0 Å². The molecule has 0 saturated carbocycles. The molecule has 1 aromatic carbocycles. The molecule has 1 aromatic rings. The third-order valence-electron chi connectivity index (χ3n) is 4.75. The fourth-order valence-electron chi connectivity index (χ4n) is 3.35. The second kappa shape index (κ2) is 9.48. The van der Waals surface area contributed by atoms with Crippen molar-refractivity contribution in [2.45, 2.75) is 63.4 Å². The van der Waals surface area contributed by atoms with Crippen molar-refractivity contribution in [1.82, 2.24) is 9.62 Å². The Hall–Kier alpha value is -1.71. The molecular formula is C18H30N4O4S. The molecule has 0 radical (unpaired) electrons. The normalized spacial score (nSPS) is 18.6. The van der Waals surface area contributed by atoms with Gasteiger partial charge in [0.1, 0.15) is 5.69 Å². The van der Waals surface area contributed by atoms with Crippen molar-refractivity contribution in [1.29, 1.82) is 0 Å². The molecule has 0 aromatic heterocycles. The first-order chi connectivity index (χ1) is 12.7. The molecule has 9 heteroatoms. The predicted octanol–water partition coefficient (Wildman–Crippen LogP) is 2.96. The molecule has 152 valence electrons. The van der Waals surface area contributed by atoms with Crippen LogP contribution in [0, 0.1) is 10.1 Å². The molecule has 2 rings (SSSR count). The minimum Gasteiger partial charge on any atom is -0.379 e. The lowest BCUT2D eigenvalue weighted by Gasteiger charge is -2.33. The summed E-state index contributed by atoms with van der Waals surface area (Å²) in [5, 5.41) is 14.5. The Morgan fingerprint density at radius 3 is 2.70 bits per heavy atom. The van der Waals surface area contributed by atoms with Crippen molar-refractivity contribution in [2.24, 2.45) is 0 Å². The average molecular weight is 399 g/mol. The lowest BCUT2D eigenvalue weighted by molar-refractivity contribution is -0.384. The summed E-state index contributed by atoms with van der Waals surface area (Å²) in [6.07, 6.45) is 4.60. The molecule has 1 atom stereocenters. The van der Waals surface area contributed by atoms with Gasteiger partial charge in [-0.15, -0.1) is 0 Å². The molecule has 1 aliphatic heterocycles. The van der Waals surface area contributed by atoms with E-state index in [0.717, 1.165) is 25.6 Å². The molecule has 8 nitrogen and oxygen atoms in total. The number of nitro groups is 1. The van der Waals surface area contributed by atoms with Gasteiger partial charge in [0.2, 0.25) is 10.0 Å². The number of anilines is 1.